The van der Waals surface area contributed by atoms with E-state index in [-0.39, 0.29) is 0 Å². The molecular weight excluding hydrogens is 99.0 g/mol. The predicted molar refractivity (Wildman–Crippen MR) is 8.69 cm³/mol. The molecule has 0 spiro atoms. The Hall–Kier alpha value is 0.239. The van der Waals surface area contributed by atoms with Gasteiger partial charge in [0.25, 0.3) is 0 Å². The predicted octanol–water partition coefficient (Wildman–Crippen LogP) is -0.370. The zero-order chi connectivity index (χ0) is 4.00. The van der Waals surface area contributed by atoms with E-state index in [0.717, 1.165) is 0 Å². The molecule has 0 aliphatic carbocycles. The van der Waals surface area contributed by atoms with E-state index in [0.29, 0.717) is 0 Å². The monoisotopic (exact) mass is 103 g/mol. The van der Waals surface area contributed by atoms with Gasteiger partial charge in [0, 0.05) is 0 Å². The van der Waals surface area contributed by atoms with E-state index >= 15 is 0 Å². The van der Waals surface area contributed by atoms with Crippen molar-refractivity contribution in [3.8, 4) is 0 Å². The van der Waals surface area contributed by atoms with Gasteiger partial charge in [-0.2, -0.15) is 0 Å². The molecule has 4 heteroatoms. The Morgan fingerprint density at radius 2 is 1.50 bits per heavy atom. The van der Waals surface area contributed by atoms with Crippen molar-refractivity contribution in [3.05, 3.63) is 0 Å². The van der Waals surface area contributed by atoms with Gasteiger partial charge in [0.05, 0.1) is 0 Å². The molecule has 0 aliphatic heterocycles. The minimum atomic E-state index is 2.19. The van der Waals surface area contributed by atoms with Crippen LogP contribution in [0.15, 0.2) is 0 Å². The van der Waals surface area contributed by atoms with E-state index in [1.807, 2.05) is 0 Å². The van der Waals surface area contributed by atoms with Gasteiger partial charge >= 0.3 is 20.2 Å². The Morgan fingerprint density at radius 3 is 1.50 bits per heavy atom. The molecule has 0 rings (SSSR count). The van der Waals surface area contributed by atoms with Crippen molar-refractivity contribution in [1.29, 1.82) is 4.38 Å². The molecule has 0 aromatic carbocycles. The van der Waals surface area contributed by atoms with Crippen LogP contribution < -0.4 is 5.90 Å². The summed E-state index contributed by atoms with van der Waals surface area (Å²) in [5.41, 5.74) is 0. The van der Waals surface area contributed by atoms with Gasteiger partial charge in [-0.1, -0.05) is 0 Å². The van der Waals surface area contributed by atoms with Crippen molar-refractivity contribution < 1.29 is 21.0 Å². The van der Waals surface area contributed by atoms with Crippen LogP contribution in [0.1, 0.15) is 0 Å². The summed E-state index contributed by atoms with van der Waals surface area (Å²) in [7, 11) is 0. The zero-order valence-corrected chi connectivity index (χ0v) is 3.08. The molecule has 0 amide bonds. The molecule has 0 heterocycles. The van der Waals surface area contributed by atoms with Gasteiger partial charge in [-0.05, 0) is 0 Å². The fourth-order valence-corrected chi connectivity index (χ4v) is 0. The van der Waals surface area contributed by atoms with Gasteiger partial charge < -0.3 is 5.21 Å². The molecule has 4 heavy (non-hydrogen) atoms. The Kier molecular flexibility index (Phi) is 628. The minimum absolute atomic E-state index is 2.19. The third-order valence-corrected chi connectivity index (χ3v) is 0. The van der Waals surface area contributed by atoms with Crippen molar-refractivity contribution in [1.82, 2.24) is 0 Å². The first kappa shape index (κ1) is 8.87. The quantitative estimate of drug-likeness (QED) is 0.289. The number of hydrogen-bond acceptors (Lipinski definition) is 3. The van der Waals surface area contributed by atoms with E-state index in [4.69, 9.17) is 9.59 Å². The summed E-state index contributed by atoms with van der Waals surface area (Å²) < 4.78 is 5.56. The Balaban J connectivity index is 0. The van der Waals surface area contributed by atoms with Gasteiger partial charge in [0.2, 0.25) is 0 Å². The van der Waals surface area contributed by atoms with E-state index in [2.05, 4.69) is 21.7 Å². The first-order valence-corrected chi connectivity index (χ1v) is 1.04. The van der Waals surface area contributed by atoms with Gasteiger partial charge in [-0.25, -0.2) is 5.90 Å². The number of rotatable bonds is 0. The fourth-order valence-electron chi connectivity index (χ4n) is 0. The van der Waals surface area contributed by atoms with Crippen LogP contribution in [0.3, 0.4) is 0 Å². The maximum absolute atomic E-state index is 6.50. The van der Waals surface area contributed by atoms with Crippen molar-refractivity contribution >= 4 is 0 Å². The SMILES string of the molecule is NO.[NH]=[Mn]. The Labute approximate surface area is 32.2 Å². The third kappa shape index (κ3) is 60.0. The summed E-state index contributed by atoms with van der Waals surface area (Å²) in [5, 5.41) is 6.50. The summed E-state index contributed by atoms with van der Waals surface area (Å²) in [6.45, 7) is 0. The third-order valence-electron chi connectivity index (χ3n) is 0. The van der Waals surface area contributed by atoms with Crippen LogP contribution in [-0.4, -0.2) is 5.21 Å². The second kappa shape index (κ2) is 283. The number of nitrogens with two attached hydrogens (primary N) is 1. The first-order valence-electron chi connectivity index (χ1n) is 0.447. The molecule has 0 unspecified atom stereocenters. The van der Waals surface area contributed by atoms with E-state index in [9.17, 15) is 0 Å². The first-order chi connectivity index (χ1) is 2.00. The van der Waals surface area contributed by atoms with Crippen LogP contribution in [0.25, 0.3) is 0 Å². The molecule has 0 fully saturated rings. The van der Waals surface area contributed by atoms with Gasteiger partial charge in [0.15, 0.2) is 0 Å². The molecule has 4 N–H and O–H groups in total. The topological polar surface area (TPSA) is 70.1 Å². The molecule has 0 aromatic heterocycles. The number of nitrogens with one attached hydrogen (secondary N) is 1. The van der Waals surface area contributed by atoms with Crippen molar-refractivity contribution in [3.63, 3.8) is 0 Å². The number of hydrogen-bond donors (Lipinski definition) is 3. The van der Waals surface area contributed by atoms with E-state index in [1.165, 1.54) is 0 Å². The molecule has 0 atom stereocenters. The normalized spacial score (nSPS) is 2.50. The van der Waals surface area contributed by atoms with Crippen LogP contribution in [0.4, 0.5) is 0 Å². The van der Waals surface area contributed by atoms with Crippen LogP contribution in [-0.2, 0) is 15.8 Å². The zero-order valence-electron chi connectivity index (χ0n) is 1.90. The molecular formula is H4MnN2O. The van der Waals surface area contributed by atoms with Crippen LogP contribution >= 0.6 is 0 Å². The maximum atomic E-state index is 6.50. The Bertz CT molecular complexity index is 6.00. The molecule has 0 saturated carbocycles. The van der Waals surface area contributed by atoms with E-state index < -0.39 is 0 Å². The molecule has 27 valence electrons. The fraction of sp³-hybridized carbons (Fsp3) is 0. The van der Waals surface area contributed by atoms with Crippen LogP contribution in [0, 0.1) is 4.38 Å². The van der Waals surface area contributed by atoms with Crippen molar-refractivity contribution in [2.24, 2.45) is 5.90 Å². The van der Waals surface area contributed by atoms with Crippen LogP contribution in [0.2, 0.25) is 0 Å². The second-order valence-corrected chi connectivity index (χ2v) is 0. The van der Waals surface area contributed by atoms with Crippen molar-refractivity contribution in [2.75, 3.05) is 0 Å². The van der Waals surface area contributed by atoms with Crippen molar-refractivity contribution in [2.45, 2.75) is 0 Å². The molecule has 0 saturated heterocycles. The summed E-state index contributed by atoms with van der Waals surface area (Å²) in [5.74, 6) is 3.50. The average Bonchev–Trinajstić information content (AvgIpc) is 1.50. The summed E-state index contributed by atoms with van der Waals surface area (Å²) in [6, 6.07) is 0. The molecule has 0 radical (unpaired) electrons. The average molecular weight is 103 g/mol. The molecule has 0 aliphatic rings. The summed E-state index contributed by atoms with van der Waals surface area (Å²) in [6.07, 6.45) is 0. The summed E-state index contributed by atoms with van der Waals surface area (Å²) >= 11 is 2.19. The second-order valence-electron chi connectivity index (χ2n) is 0. The standard InChI is InChI=1S/Mn.H3NO.HN/c;1-2;/h;2H,1H2;1H. The van der Waals surface area contributed by atoms with E-state index in [1.54, 1.807) is 0 Å². The summed E-state index contributed by atoms with van der Waals surface area (Å²) in [4.78, 5) is 0. The van der Waals surface area contributed by atoms with Gasteiger partial charge in [0.1, 0.15) is 0 Å². The van der Waals surface area contributed by atoms with Crippen LogP contribution in [0.5, 0.6) is 0 Å². The van der Waals surface area contributed by atoms with Gasteiger partial charge in [-0.3, -0.25) is 0 Å². The molecule has 3 nitrogen and oxygen atoms in total. The molecule has 0 aromatic rings. The Morgan fingerprint density at radius 1 is 1.50 bits per heavy atom. The molecule has 0 bridgehead atoms. The van der Waals surface area contributed by atoms with Gasteiger partial charge in [-0.15, -0.1) is 0 Å².